The fraction of sp³-hybridized carbons (Fsp3) is 0.471. The average molecular weight is 313 g/mol. The molecule has 2 aromatic rings. The van der Waals surface area contributed by atoms with Crippen LogP contribution in [0.5, 0.6) is 0 Å². The molecule has 3 heterocycles. The first-order valence-electron chi connectivity index (χ1n) is 8.07. The molecule has 0 aliphatic carbocycles. The SMILES string of the molecule is COCc1cc(NCC2CCCNC2)nc(-c2ccncc2)n1. The van der Waals surface area contributed by atoms with E-state index < -0.39 is 0 Å². The van der Waals surface area contributed by atoms with E-state index in [0.717, 1.165) is 36.7 Å². The minimum atomic E-state index is 0.472. The molecule has 0 amide bonds. The molecule has 0 aromatic carbocycles. The van der Waals surface area contributed by atoms with E-state index in [1.165, 1.54) is 12.8 Å². The van der Waals surface area contributed by atoms with E-state index in [1.807, 2.05) is 18.2 Å². The summed E-state index contributed by atoms with van der Waals surface area (Å²) in [5, 5.41) is 6.90. The Labute approximate surface area is 136 Å². The molecule has 122 valence electrons. The van der Waals surface area contributed by atoms with E-state index in [4.69, 9.17) is 4.74 Å². The second kappa shape index (κ2) is 7.99. The largest absolute Gasteiger partial charge is 0.378 e. The zero-order valence-electron chi connectivity index (χ0n) is 13.5. The van der Waals surface area contributed by atoms with E-state index in [1.54, 1.807) is 19.5 Å². The predicted molar refractivity (Wildman–Crippen MR) is 90.1 cm³/mol. The van der Waals surface area contributed by atoms with Crippen LogP contribution in [0.15, 0.2) is 30.6 Å². The van der Waals surface area contributed by atoms with Crippen LogP contribution in [0.4, 0.5) is 5.82 Å². The first-order valence-corrected chi connectivity index (χ1v) is 8.07. The van der Waals surface area contributed by atoms with Crippen LogP contribution in [0, 0.1) is 5.92 Å². The van der Waals surface area contributed by atoms with Crippen molar-refractivity contribution < 1.29 is 4.74 Å². The Morgan fingerprint density at radius 1 is 1.30 bits per heavy atom. The average Bonchev–Trinajstić information content (AvgIpc) is 2.62. The van der Waals surface area contributed by atoms with Gasteiger partial charge in [-0.25, -0.2) is 9.97 Å². The van der Waals surface area contributed by atoms with Gasteiger partial charge in [0.15, 0.2) is 5.82 Å². The number of piperidine rings is 1. The highest BCUT2D eigenvalue weighted by atomic mass is 16.5. The minimum absolute atomic E-state index is 0.472. The van der Waals surface area contributed by atoms with Gasteiger partial charge in [-0.05, 0) is 44.0 Å². The number of aromatic nitrogens is 3. The summed E-state index contributed by atoms with van der Waals surface area (Å²) in [7, 11) is 1.68. The molecular weight excluding hydrogens is 290 g/mol. The predicted octanol–water partition coefficient (Wildman–Crippen LogP) is 2.10. The van der Waals surface area contributed by atoms with Crippen LogP contribution in [0.25, 0.3) is 11.4 Å². The Bertz CT molecular complexity index is 614. The van der Waals surface area contributed by atoms with E-state index in [2.05, 4.69) is 25.6 Å². The Kier molecular flexibility index (Phi) is 5.50. The Morgan fingerprint density at radius 3 is 2.91 bits per heavy atom. The maximum absolute atomic E-state index is 5.23. The Balaban J connectivity index is 1.76. The maximum Gasteiger partial charge on any atom is 0.161 e. The van der Waals surface area contributed by atoms with Gasteiger partial charge in [0.25, 0.3) is 0 Å². The lowest BCUT2D eigenvalue weighted by molar-refractivity contribution is 0.181. The Hall–Kier alpha value is -2.05. The van der Waals surface area contributed by atoms with Crippen molar-refractivity contribution in [3.8, 4) is 11.4 Å². The van der Waals surface area contributed by atoms with E-state index in [0.29, 0.717) is 18.3 Å². The highest BCUT2D eigenvalue weighted by Crippen LogP contribution is 2.18. The molecule has 0 saturated carbocycles. The minimum Gasteiger partial charge on any atom is -0.378 e. The molecule has 1 saturated heterocycles. The maximum atomic E-state index is 5.23. The van der Waals surface area contributed by atoms with Gasteiger partial charge in [0.05, 0.1) is 12.3 Å². The lowest BCUT2D eigenvalue weighted by atomic mass is 10.00. The van der Waals surface area contributed by atoms with Crippen molar-refractivity contribution in [3.05, 3.63) is 36.3 Å². The second-order valence-electron chi connectivity index (χ2n) is 5.83. The summed E-state index contributed by atoms with van der Waals surface area (Å²) in [6.07, 6.45) is 6.01. The number of anilines is 1. The monoisotopic (exact) mass is 313 g/mol. The van der Waals surface area contributed by atoms with Crippen molar-refractivity contribution >= 4 is 5.82 Å². The zero-order valence-corrected chi connectivity index (χ0v) is 13.5. The summed E-state index contributed by atoms with van der Waals surface area (Å²) in [4.78, 5) is 13.3. The summed E-state index contributed by atoms with van der Waals surface area (Å²) in [6.45, 7) is 3.60. The van der Waals surface area contributed by atoms with Crippen molar-refractivity contribution in [1.29, 1.82) is 0 Å². The second-order valence-corrected chi connectivity index (χ2v) is 5.83. The lowest BCUT2D eigenvalue weighted by Gasteiger charge is -2.23. The number of hydrogen-bond donors (Lipinski definition) is 2. The molecule has 3 rings (SSSR count). The van der Waals surface area contributed by atoms with Crippen LogP contribution in [0.3, 0.4) is 0 Å². The van der Waals surface area contributed by atoms with Crippen LogP contribution in [-0.2, 0) is 11.3 Å². The van der Waals surface area contributed by atoms with Crippen LogP contribution in [-0.4, -0.2) is 41.7 Å². The molecule has 0 radical (unpaired) electrons. The van der Waals surface area contributed by atoms with Gasteiger partial charge in [0, 0.05) is 37.7 Å². The topological polar surface area (TPSA) is 72.0 Å². The van der Waals surface area contributed by atoms with Crippen LogP contribution in [0.1, 0.15) is 18.5 Å². The van der Waals surface area contributed by atoms with Crippen molar-refractivity contribution in [2.45, 2.75) is 19.4 Å². The van der Waals surface area contributed by atoms with Gasteiger partial charge in [-0.2, -0.15) is 0 Å². The summed E-state index contributed by atoms with van der Waals surface area (Å²) < 4.78 is 5.23. The van der Waals surface area contributed by atoms with Crippen molar-refractivity contribution in [2.75, 3.05) is 32.1 Å². The third kappa shape index (κ3) is 4.46. The molecule has 23 heavy (non-hydrogen) atoms. The molecular formula is C17H23N5O. The first kappa shape index (κ1) is 15.8. The fourth-order valence-electron chi connectivity index (χ4n) is 2.79. The molecule has 6 nitrogen and oxygen atoms in total. The summed E-state index contributed by atoms with van der Waals surface area (Å²) >= 11 is 0. The third-order valence-electron chi connectivity index (χ3n) is 3.98. The quantitative estimate of drug-likeness (QED) is 0.851. The molecule has 2 aromatic heterocycles. The number of ether oxygens (including phenoxy) is 1. The smallest absolute Gasteiger partial charge is 0.161 e. The highest BCUT2D eigenvalue weighted by molar-refractivity contribution is 5.56. The molecule has 2 N–H and O–H groups in total. The van der Waals surface area contributed by atoms with Crippen LogP contribution < -0.4 is 10.6 Å². The normalized spacial score (nSPS) is 17.9. The summed E-state index contributed by atoms with van der Waals surface area (Å²) in [5.74, 6) is 2.20. The van der Waals surface area contributed by atoms with Gasteiger partial charge in [-0.1, -0.05) is 0 Å². The fourth-order valence-corrected chi connectivity index (χ4v) is 2.79. The van der Waals surface area contributed by atoms with Gasteiger partial charge in [-0.15, -0.1) is 0 Å². The number of rotatable bonds is 6. The van der Waals surface area contributed by atoms with E-state index in [9.17, 15) is 0 Å². The molecule has 0 bridgehead atoms. The van der Waals surface area contributed by atoms with Crippen LogP contribution >= 0.6 is 0 Å². The van der Waals surface area contributed by atoms with Gasteiger partial charge in [-0.3, -0.25) is 4.98 Å². The number of nitrogens with zero attached hydrogens (tertiary/aromatic N) is 3. The molecule has 1 aliphatic heterocycles. The van der Waals surface area contributed by atoms with E-state index in [-0.39, 0.29) is 0 Å². The van der Waals surface area contributed by atoms with Crippen molar-refractivity contribution in [2.24, 2.45) is 5.92 Å². The Morgan fingerprint density at radius 2 is 2.17 bits per heavy atom. The van der Waals surface area contributed by atoms with E-state index >= 15 is 0 Å². The number of nitrogens with one attached hydrogen (secondary N) is 2. The molecule has 6 heteroatoms. The van der Waals surface area contributed by atoms with Crippen molar-refractivity contribution in [1.82, 2.24) is 20.3 Å². The number of methoxy groups -OCH3 is 1. The van der Waals surface area contributed by atoms with Gasteiger partial charge >= 0.3 is 0 Å². The summed E-state index contributed by atoms with van der Waals surface area (Å²) in [6, 6.07) is 5.80. The standard InChI is InChI=1S/C17H23N5O/c1-23-12-15-9-16(20-11-13-3-2-6-19-10-13)22-17(21-15)14-4-7-18-8-5-14/h4-5,7-9,13,19H,2-3,6,10-12H2,1H3,(H,20,21,22). The first-order chi connectivity index (χ1) is 11.3. The van der Waals surface area contributed by atoms with Crippen molar-refractivity contribution in [3.63, 3.8) is 0 Å². The summed E-state index contributed by atoms with van der Waals surface area (Å²) in [5.41, 5.74) is 1.83. The molecule has 1 aliphatic rings. The molecule has 1 atom stereocenters. The van der Waals surface area contributed by atoms with Gasteiger partial charge < -0.3 is 15.4 Å². The number of hydrogen-bond acceptors (Lipinski definition) is 6. The molecule has 0 spiro atoms. The van der Waals surface area contributed by atoms with Gasteiger partial charge in [0.2, 0.25) is 0 Å². The van der Waals surface area contributed by atoms with Crippen LogP contribution in [0.2, 0.25) is 0 Å². The third-order valence-corrected chi connectivity index (χ3v) is 3.98. The molecule has 1 unspecified atom stereocenters. The van der Waals surface area contributed by atoms with Gasteiger partial charge in [0.1, 0.15) is 5.82 Å². The zero-order chi connectivity index (χ0) is 15.9. The lowest BCUT2D eigenvalue weighted by Crippen LogP contribution is -2.33. The number of pyridine rings is 1. The highest BCUT2D eigenvalue weighted by Gasteiger charge is 2.13. The molecule has 1 fully saturated rings.